The zero-order valence-corrected chi connectivity index (χ0v) is 22.8. The highest BCUT2D eigenvalue weighted by atomic mass is 32.2. The fourth-order valence-electron chi connectivity index (χ4n) is 3.34. The van der Waals surface area contributed by atoms with E-state index in [1.54, 1.807) is 18.0 Å². The molecule has 0 aliphatic carbocycles. The van der Waals surface area contributed by atoms with Gasteiger partial charge in [0.25, 0.3) is 0 Å². The quantitative estimate of drug-likeness (QED) is 0.183. The maximum atomic E-state index is 11.6. The summed E-state index contributed by atoms with van der Waals surface area (Å²) in [7, 11) is 0. The molecule has 0 radical (unpaired) electrons. The third kappa shape index (κ3) is 14.8. The molecule has 1 unspecified atom stereocenters. The van der Waals surface area contributed by atoms with Crippen LogP contribution in [0.2, 0.25) is 0 Å². The van der Waals surface area contributed by atoms with E-state index in [0.717, 1.165) is 49.8 Å². The lowest BCUT2D eigenvalue weighted by molar-refractivity contribution is -0.137. The van der Waals surface area contributed by atoms with E-state index >= 15 is 0 Å². The largest absolute Gasteiger partial charge is 0.480 e. The van der Waals surface area contributed by atoms with Gasteiger partial charge in [0, 0.05) is 17.7 Å². The summed E-state index contributed by atoms with van der Waals surface area (Å²) >= 11 is 1.63. The molecule has 0 aliphatic heterocycles. The van der Waals surface area contributed by atoms with Crippen molar-refractivity contribution < 1.29 is 9.90 Å². The standard InChI is InChI=1S/C29H44N2O2S/c1-22(2)10-7-11-23(3)12-8-13-24(4)14-9-15-25(5)17-19-34-21-27(29(32)33)31-28-20-26(6)16-18-30-28/h10,12,14,16-18,20,27H,7-9,11,13,15,19,21H2,1-6H3,(H,30,31)(H,32,33). The molecule has 0 aromatic carbocycles. The number of nitrogens with zero attached hydrogens (tertiary/aromatic N) is 1. The van der Waals surface area contributed by atoms with Crippen LogP contribution in [0.25, 0.3) is 0 Å². The predicted molar refractivity (Wildman–Crippen MR) is 150 cm³/mol. The van der Waals surface area contributed by atoms with Crippen molar-refractivity contribution in [2.24, 2.45) is 0 Å². The summed E-state index contributed by atoms with van der Waals surface area (Å²) in [5, 5.41) is 12.5. The Morgan fingerprint density at radius 1 is 0.971 bits per heavy atom. The fourth-order valence-corrected chi connectivity index (χ4v) is 4.34. The summed E-state index contributed by atoms with van der Waals surface area (Å²) in [5.41, 5.74) is 6.74. The SMILES string of the molecule is CC(C)=CCCC(C)=CCCC(C)=CCCC(C)=CCSCC(Nc1cc(C)ccn1)C(=O)O. The molecular weight excluding hydrogens is 440 g/mol. The van der Waals surface area contributed by atoms with Crippen LogP contribution in [0.15, 0.2) is 64.9 Å². The Labute approximate surface area is 211 Å². The lowest BCUT2D eigenvalue weighted by Crippen LogP contribution is -2.32. The number of carboxylic acids is 1. The number of pyridine rings is 1. The van der Waals surface area contributed by atoms with Gasteiger partial charge < -0.3 is 10.4 Å². The van der Waals surface area contributed by atoms with Crippen LogP contribution >= 0.6 is 11.8 Å². The molecule has 1 aromatic rings. The minimum absolute atomic E-state index is 0.495. The number of aromatic nitrogens is 1. The Morgan fingerprint density at radius 3 is 2.06 bits per heavy atom. The first-order chi connectivity index (χ1) is 16.2. The third-order valence-electron chi connectivity index (χ3n) is 5.52. The zero-order valence-electron chi connectivity index (χ0n) is 22.0. The average molecular weight is 485 g/mol. The van der Waals surface area contributed by atoms with Crippen LogP contribution in [0, 0.1) is 6.92 Å². The van der Waals surface area contributed by atoms with Gasteiger partial charge >= 0.3 is 5.97 Å². The van der Waals surface area contributed by atoms with Crippen molar-refractivity contribution in [3.63, 3.8) is 0 Å². The lowest BCUT2D eigenvalue weighted by atomic mass is 10.0. The monoisotopic (exact) mass is 484 g/mol. The van der Waals surface area contributed by atoms with Gasteiger partial charge in [-0.3, -0.25) is 0 Å². The van der Waals surface area contributed by atoms with Crippen LogP contribution < -0.4 is 5.32 Å². The van der Waals surface area contributed by atoms with Gasteiger partial charge in [-0.2, -0.15) is 11.8 Å². The molecule has 1 heterocycles. The van der Waals surface area contributed by atoms with E-state index in [-0.39, 0.29) is 0 Å². The lowest BCUT2D eigenvalue weighted by Gasteiger charge is -2.14. The number of hydrogen-bond acceptors (Lipinski definition) is 4. The number of carboxylic acid groups (broad SMARTS) is 1. The molecule has 0 spiro atoms. The highest BCUT2D eigenvalue weighted by Gasteiger charge is 2.17. The molecule has 0 bridgehead atoms. The van der Waals surface area contributed by atoms with Crippen molar-refractivity contribution in [3.8, 4) is 0 Å². The van der Waals surface area contributed by atoms with E-state index in [2.05, 4.69) is 69.2 Å². The van der Waals surface area contributed by atoms with E-state index in [0.29, 0.717) is 11.6 Å². The molecule has 1 rings (SSSR count). The minimum atomic E-state index is -0.852. The second-order valence-electron chi connectivity index (χ2n) is 9.34. The van der Waals surface area contributed by atoms with E-state index in [4.69, 9.17) is 0 Å². The minimum Gasteiger partial charge on any atom is -0.480 e. The summed E-state index contributed by atoms with van der Waals surface area (Å²) in [6.45, 7) is 12.9. The number of rotatable bonds is 16. The Balaban J connectivity index is 2.31. The summed E-state index contributed by atoms with van der Waals surface area (Å²) in [4.78, 5) is 15.8. The Morgan fingerprint density at radius 2 is 1.53 bits per heavy atom. The van der Waals surface area contributed by atoms with Crippen molar-refractivity contribution in [3.05, 3.63) is 70.5 Å². The van der Waals surface area contributed by atoms with E-state index in [1.807, 2.05) is 19.1 Å². The van der Waals surface area contributed by atoms with Gasteiger partial charge in [-0.15, -0.1) is 0 Å². The number of aliphatic carboxylic acids is 1. The highest BCUT2D eigenvalue weighted by Crippen LogP contribution is 2.15. The Bertz CT molecular complexity index is 880. The van der Waals surface area contributed by atoms with Crippen molar-refractivity contribution in [1.29, 1.82) is 0 Å². The van der Waals surface area contributed by atoms with Crippen LogP contribution in [0.1, 0.15) is 78.7 Å². The van der Waals surface area contributed by atoms with Crippen LogP contribution in [-0.2, 0) is 4.79 Å². The van der Waals surface area contributed by atoms with Gasteiger partial charge in [0.05, 0.1) is 0 Å². The predicted octanol–water partition coefficient (Wildman–Crippen LogP) is 8.13. The average Bonchev–Trinajstić information content (AvgIpc) is 2.75. The molecule has 0 saturated heterocycles. The van der Waals surface area contributed by atoms with E-state index in [1.165, 1.54) is 22.3 Å². The molecule has 5 heteroatoms. The van der Waals surface area contributed by atoms with E-state index in [9.17, 15) is 9.90 Å². The normalized spacial score (nSPS) is 13.5. The number of carbonyl (C=O) groups is 1. The smallest absolute Gasteiger partial charge is 0.327 e. The topological polar surface area (TPSA) is 62.2 Å². The molecule has 0 fully saturated rings. The second-order valence-corrected chi connectivity index (χ2v) is 10.4. The van der Waals surface area contributed by atoms with Crippen LogP contribution in [0.5, 0.6) is 0 Å². The first kappa shape index (κ1) is 29.8. The summed E-state index contributed by atoms with van der Waals surface area (Å²) in [6, 6.07) is 3.11. The maximum Gasteiger partial charge on any atom is 0.327 e. The molecule has 188 valence electrons. The van der Waals surface area contributed by atoms with Crippen LogP contribution in [0.4, 0.5) is 5.82 Å². The van der Waals surface area contributed by atoms with Crippen molar-refractivity contribution >= 4 is 23.5 Å². The van der Waals surface area contributed by atoms with Gasteiger partial charge in [0.1, 0.15) is 11.9 Å². The first-order valence-electron chi connectivity index (χ1n) is 12.3. The molecular formula is C29H44N2O2S. The molecule has 2 N–H and O–H groups in total. The molecule has 0 saturated carbocycles. The first-order valence-corrected chi connectivity index (χ1v) is 13.4. The number of anilines is 1. The Kier molecular flexibility index (Phi) is 15.1. The molecule has 1 aromatic heterocycles. The maximum absolute atomic E-state index is 11.6. The summed E-state index contributed by atoms with van der Waals surface area (Å²) in [5.74, 6) is 1.07. The number of hydrogen-bond donors (Lipinski definition) is 2. The fraction of sp³-hybridized carbons (Fsp3) is 0.517. The molecule has 1 atom stereocenters. The number of aryl methyl sites for hydroxylation is 1. The van der Waals surface area contributed by atoms with Gasteiger partial charge in [0.2, 0.25) is 0 Å². The van der Waals surface area contributed by atoms with Gasteiger partial charge in [-0.1, -0.05) is 46.6 Å². The van der Waals surface area contributed by atoms with Gasteiger partial charge in [-0.25, -0.2) is 9.78 Å². The Hall–Kier alpha value is -2.27. The summed E-state index contributed by atoms with van der Waals surface area (Å²) < 4.78 is 0. The number of thioether (sulfide) groups is 1. The number of nitrogens with one attached hydrogen (secondary N) is 1. The molecule has 0 amide bonds. The highest BCUT2D eigenvalue weighted by molar-refractivity contribution is 7.99. The molecule has 4 nitrogen and oxygen atoms in total. The van der Waals surface area contributed by atoms with Gasteiger partial charge in [0.15, 0.2) is 0 Å². The number of allylic oxidation sites excluding steroid dienone is 7. The molecule has 0 aliphatic rings. The van der Waals surface area contributed by atoms with Crippen molar-refractivity contribution in [1.82, 2.24) is 4.98 Å². The molecule has 34 heavy (non-hydrogen) atoms. The van der Waals surface area contributed by atoms with Crippen molar-refractivity contribution in [2.75, 3.05) is 16.8 Å². The third-order valence-corrected chi connectivity index (χ3v) is 6.50. The van der Waals surface area contributed by atoms with Crippen molar-refractivity contribution in [2.45, 2.75) is 86.1 Å². The zero-order chi connectivity index (χ0) is 25.3. The van der Waals surface area contributed by atoms with E-state index < -0.39 is 12.0 Å². The van der Waals surface area contributed by atoms with Crippen LogP contribution in [-0.4, -0.2) is 33.6 Å². The van der Waals surface area contributed by atoms with Gasteiger partial charge in [-0.05, 0) is 97.8 Å². The second kappa shape index (κ2) is 17.2. The van der Waals surface area contributed by atoms with Crippen LogP contribution in [0.3, 0.4) is 0 Å². The summed E-state index contributed by atoms with van der Waals surface area (Å²) in [6.07, 6.45) is 17.6.